The first-order chi connectivity index (χ1) is 9.75. The molecule has 1 aromatic rings. The van der Waals surface area contributed by atoms with E-state index in [9.17, 15) is 10.1 Å². The van der Waals surface area contributed by atoms with E-state index in [1.54, 1.807) is 18.2 Å². The van der Waals surface area contributed by atoms with E-state index in [0.29, 0.717) is 5.92 Å². The van der Waals surface area contributed by atoms with Crippen molar-refractivity contribution in [1.29, 1.82) is 0 Å². The molecule has 0 saturated heterocycles. The van der Waals surface area contributed by atoms with Gasteiger partial charge in [0.2, 0.25) is 0 Å². The standard InChI is InChI=1S/C17H28N2O2/c1-6-8-16(18-12-13(2)17(3,4)5)14-9-7-10-15(11-14)19(20)21/h7,9-11,13,16,18H,6,8,12H2,1-5H3. The molecule has 2 unspecified atom stereocenters. The third-order valence-corrected chi connectivity index (χ3v) is 4.21. The average Bonchev–Trinajstić information content (AvgIpc) is 2.42. The Morgan fingerprint density at radius 2 is 2.00 bits per heavy atom. The fourth-order valence-electron chi connectivity index (χ4n) is 2.16. The molecule has 0 amide bonds. The SMILES string of the molecule is CCCC(NCC(C)C(C)(C)C)c1cccc([N+](=O)[O-])c1. The summed E-state index contributed by atoms with van der Waals surface area (Å²) < 4.78 is 0. The predicted octanol–water partition coefficient (Wildman–Crippen LogP) is 4.71. The van der Waals surface area contributed by atoms with E-state index >= 15 is 0 Å². The number of nitro groups is 1. The van der Waals surface area contributed by atoms with Gasteiger partial charge in [-0.1, -0.05) is 53.2 Å². The number of nitrogens with one attached hydrogen (secondary N) is 1. The highest BCUT2D eigenvalue weighted by Crippen LogP contribution is 2.27. The Kier molecular flexibility index (Phi) is 6.34. The topological polar surface area (TPSA) is 55.2 Å². The number of hydrogen-bond acceptors (Lipinski definition) is 3. The van der Waals surface area contributed by atoms with E-state index in [0.717, 1.165) is 24.9 Å². The Hall–Kier alpha value is -1.42. The molecule has 118 valence electrons. The van der Waals surface area contributed by atoms with Crippen molar-refractivity contribution in [2.75, 3.05) is 6.54 Å². The summed E-state index contributed by atoms with van der Waals surface area (Å²) in [6.45, 7) is 12.0. The zero-order chi connectivity index (χ0) is 16.0. The molecule has 4 heteroatoms. The van der Waals surface area contributed by atoms with Crippen LogP contribution in [0.3, 0.4) is 0 Å². The van der Waals surface area contributed by atoms with Gasteiger partial charge in [0.05, 0.1) is 4.92 Å². The van der Waals surface area contributed by atoms with Crippen molar-refractivity contribution in [1.82, 2.24) is 5.32 Å². The molecular formula is C17H28N2O2. The van der Waals surface area contributed by atoms with Crippen molar-refractivity contribution in [3.63, 3.8) is 0 Å². The van der Waals surface area contributed by atoms with Crippen LogP contribution in [-0.4, -0.2) is 11.5 Å². The average molecular weight is 292 g/mol. The van der Waals surface area contributed by atoms with Gasteiger partial charge in [-0.3, -0.25) is 10.1 Å². The smallest absolute Gasteiger partial charge is 0.269 e. The third kappa shape index (κ3) is 5.46. The third-order valence-electron chi connectivity index (χ3n) is 4.21. The number of nitro benzene ring substituents is 1. The molecule has 0 bridgehead atoms. The van der Waals surface area contributed by atoms with Crippen LogP contribution in [0.25, 0.3) is 0 Å². The quantitative estimate of drug-likeness (QED) is 0.585. The molecule has 0 fully saturated rings. The van der Waals surface area contributed by atoms with Crippen LogP contribution < -0.4 is 5.32 Å². The number of nitrogens with zero attached hydrogens (tertiary/aromatic N) is 1. The molecule has 1 N–H and O–H groups in total. The molecular weight excluding hydrogens is 264 g/mol. The second-order valence-electron chi connectivity index (χ2n) is 6.87. The van der Waals surface area contributed by atoms with Crippen LogP contribution in [0.1, 0.15) is 59.1 Å². The monoisotopic (exact) mass is 292 g/mol. The second-order valence-corrected chi connectivity index (χ2v) is 6.87. The zero-order valence-corrected chi connectivity index (χ0v) is 13.8. The van der Waals surface area contributed by atoms with Gasteiger partial charge in [0.25, 0.3) is 5.69 Å². The Morgan fingerprint density at radius 3 is 2.52 bits per heavy atom. The number of rotatable bonds is 7. The van der Waals surface area contributed by atoms with Gasteiger partial charge in [-0.2, -0.15) is 0 Å². The molecule has 1 aromatic carbocycles. The molecule has 1 rings (SSSR count). The molecule has 0 radical (unpaired) electrons. The minimum absolute atomic E-state index is 0.166. The van der Waals surface area contributed by atoms with Gasteiger partial charge in [0.1, 0.15) is 0 Å². The first-order valence-corrected chi connectivity index (χ1v) is 7.73. The van der Waals surface area contributed by atoms with E-state index in [-0.39, 0.29) is 22.1 Å². The molecule has 0 aromatic heterocycles. The number of benzene rings is 1. The van der Waals surface area contributed by atoms with Crippen LogP contribution in [0.2, 0.25) is 0 Å². The van der Waals surface area contributed by atoms with Gasteiger partial charge in [0, 0.05) is 18.2 Å². The van der Waals surface area contributed by atoms with Crippen molar-refractivity contribution >= 4 is 5.69 Å². The summed E-state index contributed by atoms with van der Waals surface area (Å²) in [6.07, 6.45) is 2.03. The van der Waals surface area contributed by atoms with E-state index < -0.39 is 0 Å². The molecule has 0 aliphatic rings. The first kappa shape index (κ1) is 17.6. The van der Waals surface area contributed by atoms with E-state index in [1.165, 1.54) is 0 Å². The Morgan fingerprint density at radius 1 is 1.33 bits per heavy atom. The summed E-state index contributed by atoms with van der Waals surface area (Å²) in [6, 6.07) is 7.16. The Bertz CT molecular complexity index is 466. The molecule has 2 atom stereocenters. The van der Waals surface area contributed by atoms with Crippen molar-refractivity contribution in [3.8, 4) is 0 Å². The highest BCUT2D eigenvalue weighted by atomic mass is 16.6. The van der Waals surface area contributed by atoms with Gasteiger partial charge < -0.3 is 5.32 Å². The molecule has 4 nitrogen and oxygen atoms in total. The van der Waals surface area contributed by atoms with Crippen LogP contribution in [-0.2, 0) is 0 Å². The lowest BCUT2D eigenvalue weighted by atomic mass is 9.82. The molecule has 0 heterocycles. The van der Waals surface area contributed by atoms with Crippen LogP contribution in [0.15, 0.2) is 24.3 Å². The normalized spacial score (nSPS) is 14.7. The Labute approximate surface area is 128 Å². The maximum absolute atomic E-state index is 10.9. The largest absolute Gasteiger partial charge is 0.310 e. The van der Waals surface area contributed by atoms with Crippen LogP contribution in [0.4, 0.5) is 5.69 Å². The van der Waals surface area contributed by atoms with Gasteiger partial charge in [-0.15, -0.1) is 0 Å². The van der Waals surface area contributed by atoms with Crippen molar-refractivity contribution in [3.05, 3.63) is 39.9 Å². The maximum atomic E-state index is 10.9. The minimum atomic E-state index is -0.329. The molecule has 0 aliphatic carbocycles. The molecule has 21 heavy (non-hydrogen) atoms. The number of non-ortho nitro benzene ring substituents is 1. The van der Waals surface area contributed by atoms with Crippen molar-refractivity contribution < 1.29 is 4.92 Å². The lowest BCUT2D eigenvalue weighted by Crippen LogP contribution is -2.32. The Balaban J connectivity index is 2.82. The summed E-state index contributed by atoms with van der Waals surface area (Å²) in [5, 5.41) is 14.5. The predicted molar refractivity (Wildman–Crippen MR) is 87.4 cm³/mol. The summed E-state index contributed by atoms with van der Waals surface area (Å²) in [5.41, 5.74) is 1.43. The molecule has 0 saturated carbocycles. The number of hydrogen-bond donors (Lipinski definition) is 1. The fraction of sp³-hybridized carbons (Fsp3) is 0.647. The van der Waals surface area contributed by atoms with Gasteiger partial charge in [0.15, 0.2) is 0 Å². The van der Waals surface area contributed by atoms with Crippen LogP contribution >= 0.6 is 0 Å². The van der Waals surface area contributed by atoms with Crippen LogP contribution in [0, 0.1) is 21.4 Å². The highest BCUT2D eigenvalue weighted by molar-refractivity contribution is 5.35. The van der Waals surface area contributed by atoms with Crippen molar-refractivity contribution in [2.24, 2.45) is 11.3 Å². The highest BCUT2D eigenvalue weighted by Gasteiger charge is 2.21. The van der Waals surface area contributed by atoms with Gasteiger partial charge in [-0.25, -0.2) is 0 Å². The van der Waals surface area contributed by atoms with E-state index in [1.807, 2.05) is 6.07 Å². The lowest BCUT2D eigenvalue weighted by Gasteiger charge is -2.29. The molecule has 0 spiro atoms. The summed E-state index contributed by atoms with van der Waals surface area (Å²) >= 11 is 0. The zero-order valence-electron chi connectivity index (χ0n) is 13.8. The lowest BCUT2D eigenvalue weighted by molar-refractivity contribution is -0.384. The van der Waals surface area contributed by atoms with E-state index in [2.05, 4.69) is 39.9 Å². The summed E-state index contributed by atoms with van der Waals surface area (Å²) in [4.78, 5) is 10.6. The van der Waals surface area contributed by atoms with E-state index in [4.69, 9.17) is 0 Å². The summed E-state index contributed by atoms with van der Waals surface area (Å²) in [7, 11) is 0. The molecule has 0 aliphatic heterocycles. The van der Waals surface area contributed by atoms with Crippen molar-refractivity contribution in [2.45, 2.75) is 53.5 Å². The maximum Gasteiger partial charge on any atom is 0.269 e. The first-order valence-electron chi connectivity index (χ1n) is 7.73. The van der Waals surface area contributed by atoms with Gasteiger partial charge in [-0.05, 0) is 29.9 Å². The fourth-order valence-corrected chi connectivity index (χ4v) is 2.16. The summed E-state index contributed by atoms with van der Waals surface area (Å²) in [5.74, 6) is 0.538. The second kappa shape index (κ2) is 7.55. The van der Waals surface area contributed by atoms with Crippen LogP contribution in [0.5, 0.6) is 0 Å². The minimum Gasteiger partial charge on any atom is -0.310 e. The van der Waals surface area contributed by atoms with Gasteiger partial charge >= 0.3 is 0 Å².